The van der Waals surface area contributed by atoms with Gasteiger partial charge in [0.2, 0.25) is 0 Å². The van der Waals surface area contributed by atoms with Crippen LogP contribution >= 0.6 is 22.9 Å². The minimum Gasteiger partial charge on any atom is -0.322 e. The molecule has 41 heavy (non-hydrogen) atoms. The van der Waals surface area contributed by atoms with Crippen molar-refractivity contribution in [3.63, 3.8) is 0 Å². The van der Waals surface area contributed by atoms with Crippen LogP contribution in [0.5, 0.6) is 0 Å². The summed E-state index contributed by atoms with van der Waals surface area (Å²) in [7, 11) is -4.06. The van der Waals surface area contributed by atoms with Crippen LogP contribution in [-0.4, -0.2) is 18.9 Å². The van der Waals surface area contributed by atoms with Gasteiger partial charge in [-0.25, -0.2) is 8.42 Å². The summed E-state index contributed by atoms with van der Waals surface area (Å²) in [6.45, 7) is 5.76. The smallest absolute Gasteiger partial charge is 0.308 e. The second-order valence-corrected chi connectivity index (χ2v) is 13.2. The zero-order valence-electron chi connectivity index (χ0n) is 22.7. The number of thiazole rings is 1. The van der Waals surface area contributed by atoms with Gasteiger partial charge in [0.15, 0.2) is 0 Å². The van der Waals surface area contributed by atoms with Crippen LogP contribution in [-0.2, 0) is 16.6 Å². The van der Waals surface area contributed by atoms with E-state index in [0.717, 1.165) is 27.1 Å². The molecule has 0 aliphatic rings. The summed E-state index contributed by atoms with van der Waals surface area (Å²) in [5.41, 5.74) is 3.35. The summed E-state index contributed by atoms with van der Waals surface area (Å²) in [4.78, 5) is 26.2. The highest BCUT2D eigenvalue weighted by atomic mass is 35.5. The summed E-state index contributed by atoms with van der Waals surface area (Å²) in [5, 5.41) is 3.43. The standard InChI is InChI=1S/C31H28ClN3O4S2/c1-20(2)35-28-17-14-24(18-29(28)40-31(35)37)33-30(36)26-6-4-5-7-27(26)34(19-22-10-12-23(32)13-11-22)41(38,39)25-15-8-21(3)9-16-25/h4-18,20H,19H2,1-3H3,(H,33,36). The Kier molecular flexibility index (Phi) is 8.04. The average Bonchev–Trinajstić information content (AvgIpc) is 3.28. The number of aryl methyl sites for hydroxylation is 1. The van der Waals surface area contributed by atoms with Crippen LogP contribution < -0.4 is 14.5 Å². The van der Waals surface area contributed by atoms with Gasteiger partial charge in [-0.2, -0.15) is 0 Å². The van der Waals surface area contributed by atoms with Gasteiger partial charge < -0.3 is 5.32 Å². The van der Waals surface area contributed by atoms with E-state index in [1.807, 2.05) is 26.8 Å². The van der Waals surface area contributed by atoms with Crippen molar-refractivity contribution >= 4 is 60.5 Å². The van der Waals surface area contributed by atoms with E-state index < -0.39 is 15.9 Å². The number of carbonyl (C=O) groups excluding carboxylic acids is 1. The maximum atomic E-state index is 14.0. The first-order chi connectivity index (χ1) is 19.5. The van der Waals surface area contributed by atoms with E-state index in [0.29, 0.717) is 16.3 Å². The Morgan fingerprint density at radius 3 is 2.34 bits per heavy atom. The lowest BCUT2D eigenvalue weighted by atomic mass is 10.1. The molecule has 0 fully saturated rings. The molecule has 0 saturated heterocycles. The Morgan fingerprint density at radius 1 is 0.976 bits per heavy atom. The number of nitrogens with zero attached hydrogens (tertiary/aromatic N) is 2. The molecule has 1 amide bonds. The number of amides is 1. The van der Waals surface area contributed by atoms with Gasteiger partial charge in [-0.05, 0) is 80.9 Å². The first-order valence-corrected chi connectivity index (χ1v) is 15.6. The van der Waals surface area contributed by atoms with Gasteiger partial charge in [0.25, 0.3) is 15.9 Å². The number of carbonyl (C=O) groups is 1. The zero-order chi connectivity index (χ0) is 29.3. The predicted octanol–water partition coefficient (Wildman–Crippen LogP) is 7.25. The SMILES string of the molecule is Cc1ccc(S(=O)(=O)N(Cc2ccc(Cl)cc2)c2ccccc2C(=O)Nc2ccc3c(c2)sc(=O)n3C(C)C)cc1. The molecule has 1 aromatic heterocycles. The largest absolute Gasteiger partial charge is 0.322 e. The van der Waals surface area contributed by atoms with Crippen LogP contribution in [0.15, 0.2) is 101 Å². The van der Waals surface area contributed by atoms with Crippen LogP contribution in [0.4, 0.5) is 11.4 Å². The maximum absolute atomic E-state index is 14.0. The van der Waals surface area contributed by atoms with Crippen molar-refractivity contribution in [2.75, 3.05) is 9.62 Å². The Bertz CT molecular complexity index is 1900. The molecule has 4 aromatic carbocycles. The summed E-state index contributed by atoms with van der Waals surface area (Å²) in [6, 6.07) is 25.4. The molecule has 0 aliphatic heterocycles. The number of aromatic nitrogens is 1. The van der Waals surface area contributed by atoms with E-state index in [2.05, 4.69) is 5.32 Å². The molecular formula is C31H28ClN3O4S2. The van der Waals surface area contributed by atoms with Crippen LogP contribution in [0.3, 0.4) is 0 Å². The average molecular weight is 606 g/mol. The van der Waals surface area contributed by atoms with E-state index >= 15 is 0 Å². The molecule has 7 nitrogen and oxygen atoms in total. The van der Waals surface area contributed by atoms with Gasteiger partial charge in [0.05, 0.1) is 32.9 Å². The van der Waals surface area contributed by atoms with Crippen LogP contribution in [0, 0.1) is 6.92 Å². The number of para-hydroxylation sites is 1. The third-order valence-corrected chi connectivity index (χ3v) is 9.60. The fourth-order valence-corrected chi connectivity index (χ4v) is 7.23. The summed E-state index contributed by atoms with van der Waals surface area (Å²) in [6.07, 6.45) is 0. The normalized spacial score (nSPS) is 11.6. The molecule has 210 valence electrons. The van der Waals surface area contributed by atoms with Crippen LogP contribution in [0.1, 0.15) is 41.4 Å². The molecule has 0 aliphatic carbocycles. The van der Waals surface area contributed by atoms with Crippen molar-refractivity contribution in [1.29, 1.82) is 0 Å². The van der Waals surface area contributed by atoms with Gasteiger partial charge in [-0.15, -0.1) is 0 Å². The van der Waals surface area contributed by atoms with E-state index in [4.69, 9.17) is 11.6 Å². The highest BCUT2D eigenvalue weighted by Crippen LogP contribution is 2.31. The van der Waals surface area contributed by atoms with Gasteiger partial charge in [-0.1, -0.05) is 64.9 Å². The zero-order valence-corrected chi connectivity index (χ0v) is 25.1. The molecule has 0 bridgehead atoms. The van der Waals surface area contributed by atoms with E-state index in [1.54, 1.807) is 89.5 Å². The second-order valence-electron chi connectivity index (χ2n) is 9.94. The number of sulfonamides is 1. The lowest BCUT2D eigenvalue weighted by Crippen LogP contribution is -2.32. The highest BCUT2D eigenvalue weighted by molar-refractivity contribution is 7.92. The molecule has 0 unspecified atom stereocenters. The van der Waals surface area contributed by atoms with Crippen molar-refractivity contribution in [2.45, 2.75) is 38.3 Å². The summed E-state index contributed by atoms with van der Waals surface area (Å²) >= 11 is 7.18. The van der Waals surface area contributed by atoms with Crippen molar-refractivity contribution in [3.8, 4) is 0 Å². The molecule has 1 heterocycles. The van der Waals surface area contributed by atoms with Crippen molar-refractivity contribution in [2.24, 2.45) is 0 Å². The predicted molar refractivity (Wildman–Crippen MR) is 167 cm³/mol. The quantitative estimate of drug-likeness (QED) is 0.202. The fraction of sp³-hybridized carbons (Fsp3) is 0.161. The Hall–Kier alpha value is -3.92. The highest BCUT2D eigenvalue weighted by Gasteiger charge is 2.29. The van der Waals surface area contributed by atoms with Gasteiger partial charge in [0, 0.05) is 16.8 Å². The number of fused-ring (bicyclic) bond motifs is 1. The van der Waals surface area contributed by atoms with E-state index in [-0.39, 0.29) is 33.6 Å². The molecule has 10 heteroatoms. The van der Waals surface area contributed by atoms with E-state index in [1.165, 1.54) is 4.31 Å². The second kappa shape index (κ2) is 11.5. The molecule has 0 atom stereocenters. The Labute approximate surface area is 247 Å². The molecule has 0 spiro atoms. The molecule has 5 rings (SSSR count). The summed E-state index contributed by atoms with van der Waals surface area (Å²) < 4.78 is 31.8. The minimum atomic E-state index is -4.06. The Balaban J connectivity index is 1.55. The third kappa shape index (κ3) is 5.93. The fourth-order valence-electron chi connectivity index (χ4n) is 4.58. The number of hydrogen-bond acceptors (Lipinski definition) is 5. The first kappa shape index (κ1) is 28.6. The minimum absolute atomic E-state index is 0.00525. The molecule has 0 saturated carbocycles. The third-order valence-electron chi connectivity index (χ3n) is 6.65. The maximum Gasteiger partial charge on any atom is 0.308 e. The van der Waals surface area contributed by atoms with Gasteiger partial charge >= 0.3 is 4.87 Å². The number of benzene rings is 4. The van der Waals surface area contributed by atoms with Crippen molar-refractivity contribution in [3.05, 3.63) is 122 Å². The van der Waals surface area contributed by atoms with Crippen LogP contribution in [0.2, 0.25) is 5.02 Å². The number of nitrogens with one attached hydrogen (secondary N) is 1. The molecular weight excluding hydrogens is 578 g/mol. The van der Waals surface area contributed by atoms with Gasteiger partial charge in [-0.3, -0.25) is 18.5 Å². The van der Waals surface area contributed by atoms with E-state index in [9.17, 15) is 18.0 Å². The summed E-state index contributed by atoms with van der Waals surface area (Å²) in [5.74, 6) is -0.476. The number of halogens is 1. The van der Waals surface area contributed by atoms with Crippen molar-refractivity contribution < 1.29 is 13.2 Å². The molecule has 1 N–H and O–H groups in total. The van der Waals surface area contributed by atoms with Crippen molar-refractivity contribution in [1.82, 2.24) is 4.57 Å². The lowest BCUT2D eigenvalue weighted by Gasteiger charge is -2.27. The van der Waals surface area contributed by atoms with Gasteiger partial charge in [0.1, 0.15) is 0 Å². The molecule has 0 radical (unpaired) electrons. The molecule has 5 aromatic rings. The monoisotopic (exact) mass is 605 g/mol. The number of hydrogen-bond donors (Lipinski definition) is 1. The number of anilines is 2. The topological polar surface area (TPSA) is 88.5 Å². The lowest BCUT2D eigenvalue weighted by molar-refractivity contribution is 0.102. The first-order valence-electron chi connectivity index (χ1n) is 12.9. The number of rotatable bonds is 8. The van der Waals surface area contributed by atoms with Crippen LogP contribution in [0.25, 0.3) is 10.2 Å². The Morgan fingerprint density at radius 2 is 1.66 bits per heavy atom.